The van der Waals surface area contributed by atoms with Gasteiger partial charge in [0.05, 0.1) is 17.9 Å². The Labute approximate surface area is 202 Å². The van der Waals surface area contributed by atoms with Crippen molar-refractivity contribution in [3.8, 4) is 0 Å². The molecule has 0 aliphatic carbocycles. The molecule has 0 fully saturated rings. The molecule has 0 heterocycles. The number of methoxy groups -OCH3 is 1. The smallest absolute Gasteiger partial charge is 0.407 e. The maximum absolute atomic E-state index is 12.4. The lowest BCUT2D eigenvalue weighted by Gasteiger charge is -2.16. The van der Waals surface area contributed by atoms with Crippen LogP contribution >= 0.6 is 0 Å². The van der Waals surface area contributed by atoms with E-state index < -0.39 is 28.9 Å². The van der Waals surface area contributed by atoms with Crippen LogP contribution in [0.2, 0.25) is 0 Å². The summed E-state index contributed by atoms with van der Waals surface area (Å²) in [6.07, 6.45) is 2.02. The molecule has 2 N–H and O–H groups in total. The lowest BCUT2D eigenvalue weighted by molar-refractivity contribution is -0.145. The van der Waals surface area contributed by atoms with Gasteiger partial charge in [-0.1, -0.05) is 55.0 Å². The molecule has 9 heteroatoms. The van der Waals surface area contributed by atoms with Crippen LogP contribution in [-0.4, -0.2) is 47.6 Å². The van der Waals surface area contributed by atoms with E-state index in [0.717, 1.165) is 12.0 Å². The number of hydrogen-bond donors (Lipinski definition) is 2. The first-order valence-corrected chi connectivity index (χ1v) is 12.6. The van der Waals surface area contributed by atoms with Crippen molar-refractivity contribution >= 4 is 28.8 Å². The Morgan fingerprint density at radius 1 is 0.941 bits per heavy atom. The number of amides is 2. The summed E-state index contributed by atoms with van der Waals surface area (Å²) in [4.78, 5) is 36.7. The zero-order chi connectivity index (χ0) is 24.6. The molecule has 8 nitrogen and oxygen atoms in total. The molecule has 0 radical (unpaired) electrons. The average Bonchev–Trinajstić information content (AvgIpc) is 2.87. The van der Waals surface area contributed by atoms with Crippen LogP contribution in [-0.2, 0) is 36.5 Å². The zero-order valence-electron chi connectivity index (χ0n) is 19.4. The van der Waals surface area contributed by atoms with Crippen LogP contribution in [0.5, 0.6) is 0 Å². The number of carbonyl (C=O) groups is 3. The predicted molar refractivity (Wildman–Crippen MR) is 129 cm³/mol. The van der Waals surface area contributed by atoms with Gasteiger partial charge in [-0.05, 0) is 37.0 Å². The van der Waals surface area contributed by atoms with E-state index in [9.17, 15) is 18.6 Å². The summed E-state index contributed by atoms with van der Waals surface area (Å²) in [5.74, 6) is -0.594. The Hall–Kier alpha value is -3.20. The van der Waals surface area contributed by atoms with Gasteiger partial charge in [0.2, 0.25) is 5.91 Å². The van der Waals surface area contributed by atoms with Gasteiger partial charge >= 0.3 is 12.1 Å². The van der Waals surface area contributed by atoms with Gasteiger partial charge in [-0.2, -0.15) is 0 Å². The lowest BCUT2D eigenvalue weighted by Crippen LogP contribution is -2.42. The van der Waals surface area contributed by atoms with Gasteiger partial charge < -0.3 is 20.1 Å². The molecule has 2 amide bonds. The van der Waals surface area contributed by atoms with Crippen molar-refractivity contribution in [1.29, 1.82) is 0 Å². The third kappa shape index (κ3) is 10.6. The lowest BCUT2D eigenvalue weighted by atomic mass is 10.1. The van der Waals surface area contributed by atoms with Crippen LogP contribution in [0.4, 0.5) is 4.79 Å². The fraction of sp³-hybridized carbons (Fsp3) is 0.400. The van der Waals surface area contributed by atoms with E-state index in [0.29, 0.717) is 24.3 Å². The van der Waals surface area contributed by atoms with Crippen molar-refractivity contribution in [3.63, 3.8) is 0 Å². The van der Waals surface area contributed by atoms with Crippen molar-refractivity contribution in [2.24, 2.45) is 0 Å². The second kappa shape index (κ2) is 15.6. The summed E-state index contributed by atoms with van der Waals surface area (Å²) >= 11 is 0. The second-order valence-electron chi connectivity index (χ2n) is 7.59. The highest BCUT2D eigenvalue weighted by atomic mass is 32.2. The van der Waals surface area contributed by atoms with Gasteiger partial charge in [0, 0.05) is 23.6 Å². The van der Waals surface area contributed by atoms with E-state index >= 15 is 0 Å². The molecule has 0 saturated carbocycles. The number of hydrogen-bond acceptors (Lipinski definition) is 6. The molecule has 0 spiro atoms. The Balaban J connectivity index is 1.60. The second-order valence-corrected chi connectivity index (χ2v) is 9.16. The van der Waals surface area contributed by atoms with Gasteiger partial charge in [0.15, 0.2) is 0 Å². The highest BCUT2D eigenvalue weighted by Crippen LogP contribution is 2.09. The first-order valence-electron chi connectivity index (χ1n) is 11.2. The minimum atomic E-state index is -1.27. The van der Waals surface area contributed by atoms with Gasteiger partial charge in [0.25, 0.3) is 0 Å². The Bertz CT molecular complexity index is 924. The highest BCUT2D eigenvalue weighted by Gasteiger charge is 2.22. The van der Waals surface area contributed by atoms with Crippen LogP contribution in [0.25, 0.3) is 0 Å². The van der Waals surface area contributed by atoms with E-state index in [-0.39, 0.29) is 31.1 Å². The van der Waals surface area contributed by atoms with E-state index in [1.54, 1.807) is 24.3 Å². The quantitative estimate of drug-likeness (QED) is 0.312. The number of carbonyl (C=O) groups excluding carboxylic acids is 3. The molecular weight excluding hydrogens is 456 g/mol. The van der Waals surface area contributed by atoms with Crippen LogP contribution in [0.3, 0.4) is 0 Å². The Morgan fingerprint density at radius 3 is 2.29 bits per heavy atom. The fourth-order valence-electron chi connectivity index (χ4n) is 3.12. The maximum atomic E-state index is 12.4. The first kappa shape index (κ1) is 27.0. The summed E-state index contributed by atoms with van der Waals surface area (Å²) in [5.41, 5.74) is 0.917. The van der Waals surface area contributed by atoms with E-state index in [1.165, 1.54) is 7.11 Å². The first-order chi connectivity index (χ1) is 16.5. The van der Waals surface area contributed by atoms with Crippen molar-refractivity contribution in [1.82, 2.24) is 10.6 Å². The molecular formula is C25H32N2O6S. The minimum absolute atomic E-state index is 0.215. The van der Waals surface area contributed by atoms with Crippen molar-refractivity contribution < 1.29 is 28.1 Å². The van der Waals surface area contributed by atoms with Crippen molar-refractivity contribution in [2.75, 3.05) is 19.4 Å². The Kier molecular flexibility index (Phi) is 12.4. The summed E-state index contributed by atoms with van der Waals surface area (Å²) < 4.78 is 22.3. The zero-order valence-corrected chi connectivity index (χ0v) is 20.2. The minimum Gasteiger partial charge on any atom is -0.467 e. The standard InChI is InChI=1S/C25H32N2O6S/c1-32-24(29)22(16-18-34(31)21-13-7-3-8-14-21)27-23(28)15-9-4-10-17-26-25(30)33-19-20-11-5-2-6-12-20/h2-3,5-8,11-14,22H,4,9-10,15-19H2,1H3,(H,26,30)(H,27,28)/t22-,34-/m0/s1. The van der Waals surface area contributed by atoms with Crippen LogP contribution in [0.1, 0.15) is 37.7 Å². The van der Waals surface area contributed by atoms with Crippen LogP contribution < -0.4 is 10.6 Å². The third-order valence-corrected chi connectivity index (χ3v) is 6.39. The number of esters is 1. The number of unbranched alkanes of at least 4 members (excludes halogenated alkanes) is 2. The molecule has 0 unspecified atom stereocenters. The highest BCUT2D eigenvalue weighted by molar-refractivity contribution is 7.85. The summed E-state index contributed by atoms with van der Waals surface area (Å²) in [5, 5.41) is 5.36. The van der Waals surface area contributed by atoms with Gasteiger partial charge in [-0.25, -0.2) is 9.59 Å². The van der Waals surface area contributed by atoms with Crippen LogP contribution in [0, 0.1) is 0 Å². The van der Waals surface area contributed by atoms with E-state index in [2.05, 4.69) is 10.6 Å². The molecule has 2 aromatic carbocycles. The molecule has 184 valence electrons. The molecule has 34 heavy (non-hydrogen) atoms. The molecule has 0 saturated heterocycles. The normalized spacial score (nSPS) is 12.3. The SMILES string of the molecule is COC(=O)[C@H](CC[S@](=O)c1ccccc1)NC(=O)CCCCCNC(=O)OCc1ccccc1. The third-order valence-electron chi connectivity index (χ3n) is 4.98. The number of benzene rings is 2. The van der Waals surface area contributed by atoms with Crippen LogP contribution in [0.15, 0.2) is 65.6 Å². The molecule has 2 aromatic rings. The average molecular weight is 489 g/mol. The monoisotopic (exact) mass is 488 g/mol. The summed E-state index contributed by atoms with van der Waals surface area (Å²) in [7, 11) is -0.00952. The topological polar surface area (TPSA) is 111 Å². The number of alkyl carbamates (subject to hydrolysis) is 1. The van der Waals surface area contributed by atoms with Crippen molar-refractivity contribution in [2.45, 2.75) is 49.6 Å². The molecule has 2 atom stereocenters. The molecule has 0 aromatic heterocycles. The Morgan fingerprint density at radius 2 is 1.62 bits per heavy atom. The van der Waals surface area contributed by atoms with Gasteiger partial charge in [-0.3, -0.25) is 9.00 Å². The summed E-state index contributed by atoms with van der Waals surface area (Å²) in [6.45, 7) is 0.665. The molecule has 2 rings (SSSR count). The number of ether oxygens (including phenoxy) is 2. The maximum Gasteiger partial charge on any atom is 0.407 e. The number of rotatable bonds is 14. The van der Waals surface area contributed by atoms with Crippen molar-refractivity contribution in [3.05, 3.63) is 66.2 Å². The summed E-state index contributed by atoms with van der Waals surface area (Å²) in [6, 6.07) is 17.5. The number of nitrogens with one attached hydrogen (secondary N) is 2. The van der Waals surface area contributed by atoms with E-state index in [1.807, 2.05) is 36.4 Å². The molecule has 0 aliphatic rings. The predicted octanol–water partition coefficient (Wildman–Crippen LogP) is 3.33. The molecule has 0 bridgehead atoms. The van der Waals surface area contributed by atoms with Gasteiger partial charge in [0.1, 0.15) is 12.6 Å². The molecule has 0 aliphatic heterocycles. The fourth-order valence-corrected chi connectivity index (χ4v) is 4.27. The largest absolute Gasteiger partial charge is 0.467 e. The van der Waals surface area contributed by atoms with Gasteiger partial charge in [-0.15, -0.1) is 0 Å². The van der Waals surface area contributed by atoms with E-state index in [4.69, 9.17) is 9.47 Å².